The van der Waals surface area contributed by atoms with E-state index in [1.807, 2.05) is 0 Å². The first kappa shape index (κ1) is 23.3. The zero-order chi connectivity index (χ0) is 22.8. The second kappa shape index (κ2) is 8.75. The summed E-state index contributed by atoms with van der Waals surface area (Å²) < 4.78 is 0. The van der Waals surface area contributed by atoms with Crippen LogP contribution in [-0.4, -0.2) is 70.5 Å². The minimum absolute atomic E-state index is 0.118. The highest BCUT2D eigenvalue weighted by Crippen LogP contribution is 2.66. The zero-order valence-electron chi connectivity index (χ0n) is 21.4. The summed E-state index contributed by atoms with van der Waals surface area (Å²) in [4.78, 5) is 5.33. The fourth-order valence-electron chi connectivity index (χ4n) is 10.5. The molecule has 0 unspecified atom stereocenters. The van der Waals surface area contributed by atoms with Crippen LogP contribution in [0.5, 0.6) is 0 Å². The Kier molecular flexibility index (Phi) is 6.16. The van der Waals surface area contributed by atoms with Crippen LogP contribution in [-0.2, 0) is 0 Å². The minimum Gasteiger partial charge on any atom is -0.391 e. The van der Waals surface area contributed by atoms with Crippen molar-refractivity contribution in [2.24, 2.45) is 34.5 Å². The van der Waals surface area contributed by atoms with Crippen molar-refractivity contribution >= 4 is 0 Å². The summed E-state index contributed by atoms with van der Waals surface area (Å²) in [5.74, 6) is 2.97. The van der Waals surface area contributed by atoms with E-state index >= 15 is 0 Å². The third-order valence-electron chi connectivity index (χ3n) is 12.4. The second-order valence-corrected chi connectivity index (χ2v) is 13.7. The number of nitrogens with zero attached hydrogens (tertiary/aromatic N) is 2. The van der Waals surface area contributed by atoms with E-state index in [1.165, 1.54) is 103 Å². The monoisotopic (exact) mass is 458 g/mol. The van der Waals surface area contributed by atoms with E-state index in [9.17, 15) is 10.2 Å². The lowest BCUT2D eigenvalue weighted by Gasteiger charge is -2.62. The molecule has 4 saturated carbocycles. The van der Waals surface area contributed by atoms with Gasteiger partial charge in [-0.25, -0.2) is 0 Å². The third-order valence-corrected chi connectivity index (χ3v) is 12.4. The van der Waals surface area contributed by atoms with E-state index in [1.54, 1.807) is 0 Å². The van der Waals surface area contributed by atoms with Gasteiger partial charge in [-0.05, 0) is 131 Å². The van der Waals surface area contributed by atoms with Crippen LogP contribution in [0.2, 0.25) is 0 Å². The van der Waals surface area contributed by atoms with Gasteiger partial charge in [0.1, 0.15) is 0 Å². The molecule has 6 aliphatic rings. The molecule has 188 valence electrons. The van der Waals surface area contributed by atoms with E-state index in [-0.39, 0.29) is 17.6 Å². The first-order valence-electron chi connectivity index (χ1n) is 14.8. The molecular formula is C29H50N2O2. The first-order chi connectivity index (χ1) is 15.9. The van der Waals surface area contributed by atoms with Gasteiger partial charge in [0.2, 0.25) is 0 Å². The highest BCUT2D eigenvalue weighted by atomic mass is 16.3. The van der Waals surface area contributed by atoms with Crippen molar-refractivity contribution in [2.45, 2.75) is 122 Å². The molecule has 10 atom stereocenters. The van der Waals surface area contributed by atoms with Crippen molar-refractivity contribution < 1.29 is 10.2 Å². The molecule has 6 fully saturated rings. The summed E-state index contributed by atoms with van der Waals surface area (Å²) >= 11 is 0. The van der Waals surface area contributed by atoms with Gasteiger partial charge < -0.3 is 10.2 Å². The normalized spacial score (nSPS) is 53.8. The van der Waals surface area contributed by atoms with Crippen LogP contribution in [0, 0.1) is 34.5 Å². The molecule has 0 amide bonds. The lowest BCUT2D eigenvalue weighted by atomic mass is 9.44. The molecule has 6 rings (SSSR count). The van der Waals surface area contributed by atoms with Gasteiger partial charge >= 0.3 is 0 Å². The second-order valence-electron chi connectivity index (χ2n) is 13.7. The average molecular weight is 459 g/mol. The number of piperidine rings is 2. The van der Waals surface area contributed by atoms with Crippen LogP contribution in [0.1, 0.15) is 97.3 Å². The van der Waals surface area contributed by atoms with Crippen molar-refractivity contribution in [3.8, 4) is 0 Å². The van der Waals surface area contributed by atoms with E-state index in [4.69, 9.17) is 0 Å². The van der Waals surface area contributed by atoms with Crippen LogP contribution in [0.3, 0.4) is 0 Å². The van der Waals surface area contributed by atoms with Crippen molar-refractivity contribution in [3.05, 3.63) is 0 Å². The maximum atomic E-state index is 11.6. The summed E-state index contributed by atoms with van der Waals surface area (Å²) in [6.45, 7) is 9.88. The Balaban J connectivity index is 1.24. The summed E-state index contributed by atoms with van der Waals surface area (Å²) in [5, 5.41) is 22.8. The van der Waals surface area contributed by atoms with Crippen LogP contribution < -0.4 is 0 Å². The van der Waals surface area contributed by atoms with Crippen molar-refractivity contribution in [1.29, 1.82) is 0 Å². The maximum Gasteiger partial charge on any atom is 0.0751 e. The lowest BCUT2D eigenvalue weighted by molar-refractivity contribution is -0.154. The highest BCUT2D eigenvalue weighted by Gasteiger charge is 2.63. The number of hydrogen-bond acceptors (Lipinski definition) is 4. The van der Waals surface area contributed by atoms with E-state index < -0.39 is 0 Å². The molecule has 0 bridgehead atoms. The molecule has 2 aliphatic heterocycles. The number of rotatable bonds is 2. The van der Waals surface area contributed by atoms with E-state index in [0.717, 1.165) is 18.3 Å². The number of aliphatic hydroxyl groups excluding tert-OH is 2. The molecule has 0 aromatic heterocycles. The zero-order valence-corrected chi connectivity index (χ0v) is 21.4. The highest BCUT2D eigenvalue weighted by molar-refractivity contribution is 5.14. The standard InChI is InChI=1S/C29H50N2O2/c1-28-12-11-22-21(23(28)18-24(27(28)33)30-13-5-3-6-14-30)10-9-20-17-26(32)25(19-29(20,22)2)31-15-7-4-8-16-31/h20-27,32-33H,3-19H2,1-2H3/t20-,21+,22-,23-,24-,25-,26-,27-,28-,29-/m1/s1. The van der Waals surface area contributed by atoms with Gasteiger partial charge in [-0.15, -0.1) is 0 Å². The quantitative estimate of drug-likeness (QED) is 0.631. The Labute approximate surface area is 202 Å². The van der Waals surface area contributed by atoms with Gasteiger partial charge in [0, 0.05) is 12.1 Å². The van der Waals surface area contributed by atoms with Gasteiger partial charge in [0.15, 0.2) is 0 Å². The Morgan fingerprint density at radius 1 is 0.667 bits per heavy atom. The molecule has 4 nitrogen and oxygen atoms in total. The number of hydrogen-bond donors (Lipinski definition) is 2. The van der Waals surface area contributed by atoms with Gasteiger partial charge in [0.25, 0.3) is 0 Å². The Hall–Kier alpha value is -0.160. The predicted molar refractivity (Wildman–Crippen MR) is 133 cm³/mol. The number of fused-ring (bicyclic) bond motifs is 5. The van der Waals surface area contributed by atoms with E-state index in [0.29, 0.717) is 29.3 Å². The topological polar surface area (TPSA) is 46.9 Å². The van der Waals surface area contributed by atoms with Crippen LogP contribution in [0.4, 0.5) is 0 Å². The van der Waals surface area contributed by atoms with Gasteiger partial charge in [-0.3, -0.25) is 9.80 Å². The molecule has 4 heteroatoms. The van der Waals surface area contributed by atoms with Gasteiger partial charge in [0.05, 0.1) is 12.2 Å². The Morgan fingerprint density at radius 2 is 1.30 bits per heavy atom. The smallest absolute Gasteiger partial charge is 0.0751 e. The molecule has 33 heavy (non-hydrogen) atoms. The fourth-order valence-corrected chi connectivity index (χ4v) is 10.5. The molecule has 0 radical (unpaired) electrons. The largest absolute Gasteiger partial charge is 0.391 e. The lowest BCUT2D eigenvalue weighted by Crippen LogP contribution is -2.60. The molecule has 4 aliphatic carbocycles. The maximum absolute atomic E-state index is 11.6. The fraction of sp³-hybridized carbons (Fsp3) is 1.00. The molecule has 0 aromatic rings. The summed E-state index contributed by atoms with van der Waals surface area (Å²) in [6.07, 6.45) is 16.4. The first-order valence-corrected chi connectivity index (χ1v) is 14.8. The third kappa shape index (κ3) is 3.67. The van der Waals surface area contributed by atoms with Crippen molar-refractivity contribution in [3.63, 3.8) is 0 Å². The molecule has 2 saturated heterocycles. The van der Waals surface area contributed by atoms with Crippen LogP contribution in [0.25, 0.3) is 0 Å². The SMILES string of the molecule is C[C@@]12CC[C@@H]3[C@H](CC[C@@H]4C[C@@H](O)[C@H](N5CCCCC5)C[C@]43C)[C@H]1C[C@@H](N1CCCCC1)[C@H]2O. The molecular weight excluding hydrogens is 408 g/mol. The molecule has 0 aromatic carbocycles. The van der Waals surface area contributed by atoms with Gasteiger partial charge in [-0.1, -0.05) is 26.7 Å². The van der Waals surface area contributed by atoms with Crippen molar-refractivity contribution in [1.82, 2.24) is 9.80 Å². The average Bonchev–Trinajstić information content (AvgIpc) is 3.11. The molecule has 2 heterocycles. The van der Waals surface area contributed by atoms with E-state index in [2.05, 4.69) is 23.6 Å². The minimum atomic E-state index is -0.138. The predicted octanol–water partition coefficient (Wildman–Crippen LogP) is 4.68. The molecule has 0 spiro atoms. The summed E-state index contributed by atoms with van der Waals surface area (Å²) in [7, 11) is 0. The van der Waals surface area contributed by atoms with Crippen LogP contribution >= 0.6 is 0 Å². The van der Waals surface area contributed by atoms with Crippen molar-refractivity contribution in [2.75, 3.05) is 26.2 Å². The summed E-state index contributed by atoms with van der Waals surface area (Å²) in [5.41, 5.74) is 0.493. The number of likely N-dealkylation sites (tertiary alicyclic amines) is 2. The van der Waals surface area contributed by atoms with Gasteiger partial charge in [-0.2, -0.15) is 0 Å². The number of aliphatic hydroxyl groups is 2. The Morgan fingerprint density at radius 3 is 1.97 bits per heavy atom. The molecule has 2 N–H and O–H groups in total. The Bertz CT molecular complexity index is 704. The summed E-state index contributed by atoms with van der Waals surface area (Å²) in [6, 6.07) is 0.785. The van der Waals surface area contributed by atoms with Crippen LogP contribution in [0.15, 0.2) is 0 Å².